The summed E-state index contributed by atoms with van der Waals surface area (Å²) in [5.74, 6) is 0.737. The normalized spacial score (nSPS) is 15.2. The van der Waals surface area contributed by atoms with Gasteiger partial charge in [0, 0.05) is 23.7 Å². The molecule has 4 aromatic rings. The topological polar surface area (TPSA) is 90.5 Å². The average molecular weight is 459 g/mol. The van der Waals surface area contributed by atoms with Gasteiger partial charge in [-0.05, 0) is 51.5 Å². The highest BCUT2D eigenvalue weighted by atomic mass is 16.5. The molecular formula is C26H26N4O4. The van der Waals surface area contributed by atoms with E-state index in [4.69, 9.17) is 14.1 Å². The molecule has 3 aromatic heterocycles. The number of amides is 1. The molecule has 0 radical (unpaired) electrons. The highest BCUT2D eigenvalue weighted by Crippen LogP contribution is 2.36. The molecule has 1 aliphatic rings. The third kappa shape index (κ3) is 3.37. The molecule has 1 unspecified atom stereocenters. The standard InChI is InChI=1S/C26H26N4O4/c1-14(2)30-24-20(13-27-30)19(12-21(28-24)18-10-15(3)34-16(18)4)25(31)29-22-9-7-6-8-17(22)11-23(29)26(32)33-5/h6-10,12-14,23H,11H2,1-5H3. The van der Waals surface area contributed by atoms with E-state index in [9.17, 15) is 9.59 Å². The van der Waals surface area contributed by atoms with Crippen LogP contribution in [0.3, 0.4) is 0 Å². The first-order valence-electron chi connectivity index (χ1n) is 11.2. The Kier molecular flexibility index (Phi) is 5.23. The number of methoxy groups -OCH3 is 1. The molecular weight excluding hydrogens is 432 g/mol. The number of benzene rings is 1. The summed E-state index contributed by atoms with van der Waals surface area (Å²) in [5, 5.41) is 5.14. The van der Waals surface area contributed by atoms with E-state index in [1.165, 1.54) is 7.11 Å². The largest absolute Gasteiger partial charge is 0.467 e. The predicted octanol–water partition coefficient (Wildman–Crippen LogP) is 4.63. The van der Waals surface area contributed by atoms with Crippen molar-refractivity contribution in [2.75, 3.05) is 12.0 Å². The van der Waals surface area contributed by atoms with E-state index >= 15 is 0 Å². The summed E-state index contributed by atoms with van der Waals surface area (Å²) >= 11 is 0. The van der Waals surface area contributed by atoms with Gasteiger partial charge in [-0.15, -0.1) is 0 Å². The van der Waals surface area contributed by atoms with Crippen molar-refractivity contribution in [3.05, 3.63) is 65.2 Å². The number of rotatable bonds is 4. The van der Waals surface area contributed by atoms with Gasteiger partial charge >= 0.3 is 5.97 Å². The second kappa shape index (κ2) is 8.13. The molecule has 0 bridgehead atoms. The number of para-hydroxylation sites is 1. The maximum atomic E-state index is 14.1. The summed E-state index contributed by atoms with van der Waals surface area (Å²) in [4.78, 5) is 33.2. The Morgan fingerprint density at radius 1 is 1.18 bits per heavy atom. The van der Waals surface area contributed by atoms with Crippen LogP contribution in [0.4, 0.5) is 5.69 Å². The summed E-state index contributed by atoms with van der Waals surface area (Å²) in [7, 11) is 1.34. The Morgan fingerprint density at radius 3 is 2.62 bits per heavy atom. The zero-order chi connectivity index (χ0) is 24.1. The molecule has 1 aromatic carbocycles. The fourth-order valence-electron chi connectivity index (χ4n) is 4.69. The van der Waals surface area contributed by atoms with Gasteiger partial charge in [0.1, 0.15) is 17.6 Å². The van der Waals surface area contributed by atoms with Gasteiger partial charge < -0.3 is 9.15 Å². The summed E-state index contributed by atoms with van der Waals surface area (Å²) in [6, 6.07) is 10.5. The second-order valence-corrected chi connectivity index (χ2v) is 8.85. The van der Waals surface area contributed by atoms with E-state index in [1.807, 2.05) is 58.0 Å². The second-order valence-electron chi connectivity index (χ2n) is 8.85. The molecule has 0 fully saturated rings. The lowest BCUT2D eigenvalue weighted by Crippen LogP contribution is -2.43. The molecule has 1 aliphatic heterocycles. The fraction of sp³-hybridized carbons (Fsp3) is 0.308. The fourth-order valence-corrected chi connectivity index (χ4v) is 4.69. The number of nitrogens with zero attached hydrogens (tertiary/aromatic N) is 4. The van der Waals surface area contributed by atoms with Crippen LogP contribution >= 0.6 is 0 Å². The number of hydrogen-bond acceptors (Lipinski definition) is 6. The van der Waals surface area contributed by atoms with Gasteiger partial charge in [0.15, 0.2) is 5.65 Å². The molecule has 1 atom stereocenters. The van der Waals surface area contributed by atoms with Crippen molar-refractivity contribution in [1.82, 2.24) is 14.8 Å². The molecule has 34 heavy (non-hydrogen) atoms. The van der Waals surface area contributed by atoms with E-state index in [0.29, 0.717) is 34.4 Å². The van der Waals surface area contributed by atoms with E-state index < -0.39 is 12.0 Å². The maximum Gasteiger partial charge on any atom is 0.329 e. The van der Waals surface area contributed by atoms with Gasteiger partial charge in [-0.1, -0.05) is 18.2 Å². The SMILES string of the molecule is COC(=O)C1Cc2ccccc2N1C(=O)c1cc(-c2cc(C)oc2C)nc2c1cnn2C(C)C. The monoisotopic (exact) mass is 458 g/mol. The zero-order valence-corrected chi connectivity index (χ0v) is 19.8. The number of esters is 1. The lowest BCUT2D eigenvalue weighted by atomic mass is 10.1. The Bertz CT molecular complexity index is 1430. The summed E-state index contributed by atoms with van der Waals surface area (Å²) in [5.41, 5.74) is 4.11. The van der Waals surface area contributed by atoms with Crippen molar-refractivity contribution in [3.8, 4) is 11.3 Å². The minimum atomic E-state index is -0.736. The van der Waals surface area contributed by atoms with Crippen molar-refractivity contribution < 1.29 is 18.7 Å². The van der Waals surface area contributed by atoms with Crippen LogP contribution in [0.5, 0.6) is 0 Å². The number of anilines is 1. The third-order valence-corrected chi connectivity index (χ3v) is 6.27. The highest BCUT2D eigenvalue weighted by molar-refractivity contribution is 6.17. The van der Waals surface area contributed by atoms with Crippen molar-refractivity contribution >= 4 is 28.6 Å². The first kappa shape index (κ1) is 21.9. The summed E-state index contributed by atoms with van der Waals surface area (Å²) in [6.45, 7) is 7.78. The van der Waals surface area contributed by atoms with Crippen molar-refractivity contribution in [3.63, 3.8) is 0 Å². The van der Waals surface area contributed by atoms with E-state index in [-0.39, 0.29) is 11.9 Å². The minimum absolute atomic E-state index is 0.0470. The predicted molar refractivity (Wildman–Crippen MR) is 128 cm³/mol. The molecule has 0 N–H and O–H groups in total. The van der Waals surface area contributed by atoms with Crippen LogP contribution in [0.25, 0.3) is 22.3 Å². The zero-order valence-electron chi connectivity index (χ0n) is 19.8. The molecule has 8 heteroatoms. The Morgan fingerprint density at radius 2 is 1.94 bits per heavy atom. The minimum Gasteiger partial charge on any atom is -0.467 e. The first-order chi connectivity index (χ1) is 16.3. The average Bonchev–Trinajstić information content (AvgIpc) is 3.51. The Hall–Kier alpha value is -3.94. The van der Waals surface area contributed by atoms with Gasteiger partial charge in [0.2, 0.25) is 0 Å². The number of carbonyl (C=O) groups is 2. The van der Waals surface area contributed by atoms with Gasteiger partial charge in [0.25, 0.3) is 5.91 Å². The molecule has 1 amide bonds. The Labute approximate surface area is 197 Å². The molecule has 174 valence electrons. The molecule has 0 spiro atoms. The van der Waals surface area contributed by atoms with Crippen LogP contribution in [-0.2, 0) is 16.0 Å². The third-order valence-electron chi connectivity index (χ3n) is 6.27. The first-order valence-corrected chi connectivity index (χ1v) is 11.2. The highest BCUT2D eigenvalue weighted by Gasteiger charge is 2.40. The van der Waals surface area contributed by atoms with Crippen molar-refractivity contribution in [2.45, 2.75) is 46.2 Å². The molecule has 5 rings (SSSR count). The van der Waals surface area contributed by atoms with Crippen LogP contribution < -0.4 is 4.90 Å². The molecule has 4 heterocycles. The van der Waals surface area contributed by atoms with Gasteiger partial charge in [-0.3, -0.25) is 9.69 Å². The van der Waals surface area contributed by atoms with Crippen LogP contribution in [0.2, 0.25) is 0 Å². The van der Waals surface area contributed by atoms with Crippen LogP contribution in [0, 0.1) is 13.8 Å². The van der Waals surface area contributed by atoms with Crippen molar-refractivity contribution in [1.29, 1.82) is 0 Å². The number of fused-ring (bicyclic) bond motifs is 2. The van der Waals surface area contributed by atoms with Crippen molar-refractivity contribution in [2.24, 2.45) is 0 Å². The number of aromatic nitrogens is 3. The van der Waals surface area contributed by atoms with Crippen LogP contribution in [0.15, 0.2) is 47.0 Å². The van der Waals surface area contributed by atoms with Gasteiger partial charge in [-0.2, -0.15) is 5.10 Å². The Balaban J connectivity index is 1.73. The summed E-state index contributed by atoms with van der Waals surface area (Å²) in [6.07, 6.45) is 2.07. The smallest absolute Gasteiger partial charge is 0.329 e. The lowest BCUT2D eigenvalue weighted by Gasteiger charge is -2.24. The molecule has 0 saturated heterocycles. The number of hydrogen-bond donors (Lipinski definition) is 0. The lowest BCUT2D eigenvalue weighted by molar-refractivity contribution is -0.141. The number of pyridine rings is 1. The number of carbonyl (C=O) groups excluding carboxylic acids is 2. The van der Waals surface area contributed by atoms with Crippen LogP contribution in [0.1, 0.15) is 47.3 Å². The molecule has 0 saturated carbocycles. The quantitative estimate of drug-likeness (QED) is 0.414. The molecule has 0 aliphatic carbocycles. The van der Waals surface area contributed by atoms with E-state index in [2.05, 4.69) is 5.10 Å². The number of furan rings is 1. The maximum absolute atomic E-state index is 14.1. The molecule has 8 nitrogen and oxygen atoms in total. The van der Waals surface area contributed by atoms with Crippen LogP contribution in [-0.4, -0.2) is 39.8 Å². The van der Waals surface area contributed by atoms with E-state index in [1.54, 1.807) is 21.8 Å². The van der Waals surface area contributed by atoms with Gasteiger partial charge in [0.05, 0.1) is 30.0 Å². The van der Waals surface area contributed by atoms with Gasteiger partial charge in [-0.25, -0.2) is 14.5 Å². The number of ether oxygens (including phenoxy) is 1. The summed E-state index contributed by atoms with van der Waals surface area (Å²) < 4.78 is 12.6. The number of aryl methyl sites for hydroxylation is 2. The van der Waals surface area contributed by atoms with E-state index in [0.717, 1.165) is 22.6 Å².